The van der Waals surface area contributed by atoms with Crippen LogP contribution < -0.4 is 0 Å². The van der Waals surface area contributed by atoms with E-state index in [4.69, 9.17) is 4.74 Å². The molecule has 0 fully saturated rings. The van der Waals surface area contributed by atoms with Crippen molar-refractivity contribution in [2.45, 2.75) is 39.3 Å². The molecule has 22 heavy (non-hydrogen) atoms. The summed E-state index contributed by atoms with van der Waals surface area (Å²) in [7, 11) is 0. The fourth-order valence-corrected chi connectivity index (χ4v) is 3.05. The molecule has 0 aliphatic heterocycles. The second kappa shape index (κ2) is 5.84. The van der Waals surface area contributed by atoms with Crippen LogP contribution >= 0.6 is 0 Å². The maximum absolute atomic E-state index is 12.5. The zero-order valence-corrected chi connectivity index (χ0v) is 13.2. The molecule has 1 atom stereocenters. The summed E-state index contributed by atoms with van der Waals surface area (Å²) in [5, 5.41) is 2.35. The van der Waals surface area contributed by atoms with Crippen LogP contribution in [-0.2, 0) is 9.53 Å². The summed E-state index contributed by atoms with van der Waals surface area (Å²) in [5.74, 6) is -0.163. The molecule has 0 aliphatic carbocycles. The maximum Gasteiger partial charge on any atom is 0.329 e. The predicted molar refractivity (Wildman–Crippen MR) is 90.0 cm³/mol. The summed E-state index contributed by atoms with van der Waals surface area (Å²) in [6, 6.07) is 16.1. The summed E-state index contributed by atoms with van der Waals surface area (Å²) in [6.45, 7) is 5.79. The van der Waals surface area contributed by atoms with E-state index in [1.807, 2.05) is 45.0 Å². The fourth-order valence-electron chi connectivity index (χ4n) is 3.05. The number of aromatic nitrogens is 1. The fraction of sp³-hybridized carbons (Fsp3) is 0.316. The van der Waals surface area contributed by atoms with Crippen molar-refractivity contribution in [3.05, 3.63) is 48.5 Å². The van der Waals surface area contributed by atoms with Gasteiger partial charge in [0, 0.05) is 21.8 Å². The molecule has 2 aromatic carbocycles. The van der Waals surface area contributed by atoms with Gasteiger partial charge in [0.25, 0.3) is 0 Å². The van der Waals surface area contributed by atoms with E-state index in [1.165, 1.54) is 10.8 Å². The first kappa shape index (κ1) is 14.6. The average Bonchev–Trinajstić information content (AvgIpc) is 2.83. The van der Waals surface area contributed by atoms with Gasteiger partial charge < -0.3 is 9.30 Å². The van der Waals surface area contributed by atoms with Gasteiger partial charge in [-0.1, -0.05) is 43.3 Å². The largest absolute Gasteiger partial charge is 0.461 e. The van der Waals surface area contributed by atoms with Crippen LogP contribution in [0.2, 0.25) is 0 Å². The maximum atomic E-state index is 12.5. The number of ether oxygens (including phenoxy) is 1. The third kappa shape index (κ3) is 2.37. The lowest BCUT2D eigenvalue weighted by Crippen LogP contribution is -2.23. The van der Waals surface area contributed by atoms with Crippen molar-refractivity contribution in [1.29, 1.82) is 0 Å². The first-order valence-electron chi connectivity index (χ1n) is 7.81. The molecule has 0 aliphatic rings. The molecule has 1 unspecified atom stereocenters. The molecule has 3 aromatic rings. The van der Waals surface area contributed by atoms with Crippen molar-refractivity contribution in [2.75, 3.05) is 0 Å². The molecule has 114 valence electrons. The lowest BCUT2D eigenvalue weighted by atomic mass is 10.2. The molecule has 1 heterocycles. The van der Waals surface area contributed by atoms with Gasteiger partial charge in [-0.25, -0.2) is 4.79 Å². The minimum atomic E-state index is -0.299. The minimum Gasteiger partial charge on any atom is -0.461 e. The standard InChI is InChI=1S/C19H21NO2/c1-4-16(19(21)22-13(2)3)20-17-11-7-5-9-14(17)15-10-6-8-12-18(15)20/h5-13,16H,4H2,1-3H3. The van der Waals surface area contributed by atoms with Gasteiger partial charge in [-0.05, 0) is 32.4 Å². The normalized spacial score (nSPS) is 12.9. The van der Waals surface area contributed by atoms with Gasteiger partial charge in [0.05, 0.1) is 6.10 Å². The van der Waals surface area contributed by atoms with Crippen LogP contribution in [0.25, 0.3) is 21.8 Å². The number of esters is 1. The number of benzene rings is 2. The van der Waals surface area contributed by atoms with Crippen molar-refractivity contribution in [1.82, 2.24) is 4.57 Å². The van der Waals surface area contributed by atoms with Crippen molar-refractivity contribution < 1.29 is 9.53 Å². The molecule has 0 radical (unpaired) electrons. The average molecular weight is 295 g/mol. The summed E-state index contributed by atoms with van der Waals surface area (Å²) in [5.41, 5.74) is 2.16. The molecule has 3 rings (SSSR count). The number of fused-ring (bicyclic) bond motifs is 3. The number of nitrogens with zero attached hydrogens (tertiary/aromatic N) is 1. The quantitative estimate of drug-likeness (QED) is 0.653. The predicted octanol–water partition coefficient (Wildman–Crippen LogP) is 4.70. The molecule has 3 heteroatoms. The summed E-state index contributed by atoms with van der Waals surface area (Å²) in [4.78, 5) is 12.5. The molecule has 0 N–H and O–H groups in total. The molecule has 0 bridgehead atoms. The van der Waals surface area contributed by atoms with Crippen LogP contribution in [0.15, 0.2) is 48.5 Å². The zero-order chi connectivity index (χ0) is 15.7. The van der Waals surface area contributed by atoms with Gasteiger partial charge in [0.15, 0.2) is 0 Å². The lowest BCUT2D eigenvalue weighted by molar-refractivity contribution is -0.151. The highest BCUT2D eigenvalue weighted by molar-refractivity contribution is 6.08. The molecule has 1 aromatic heterocycles. The molecule has 0 saturated heterocycles. The minimum absolute atomic E-state index is 0.102. The van der Waals surface area contributed by atoms with Crippen LogP contribution in [-0.4, -0.2) is 16.6 Å². The molecule has 3 nitrogen and oxygen atoms in total. The number of carbonyl (C=O) groups is 1. The first-order valence-corrected chi connectivity index (χ1v) is 7.81. The molecule has 0 saturated carbocycles. The Morgan fingerprint density at radius 3 is 1.95 bits per heavy atom. The number of rotatable bonds is 4. The zero-order valence-electron chi connectivity index (χ0n) is 13.2. The summed E-state index contributed by atoms with van der Waals surface area (Å²) in [6.07, 6.45) is 0.600. The molecule has 0 spiro atoms. The van der Waals surface area contributed by atoms with E-state index in [0.29, 0.717) is 6.42 Å². The highest BCUT2D eigenvalue weighted by Gasteiger charge is 2.24. The van der Waals surface area contributed by atoms with Gasteiger partial charge in [-0.2, -0.15) is 0 Å². The van der Waals surface area contributed by atoms with Crippen LogP contribution in [0.3, 0.4) is 0 Å². The van der Waals surface area contributed by atoms with Crippen LogP contribution in [0.1, 0.15) is 33.2 Å². The Balaban J connectivity index is 2.24. The van der Waals surface area contributed by atoms with Crippen LogP contribution in [0.4, 0.5) is 0 Å². The van der Waals surface area contributed by atoms with Gasteiger partial charge in [0.1, 0.15) is 6.04 Å². The Bertz CT molecular complexity index is 763. The van der Waals surface area contributed by atoms with E-state index in [9.17, 15) is 4.79 Å². The van der Waals surface area contributed by atoms with Crippen LogP contribution in [0, 0.1) is 0 Å². The summed E-state index contributed by atoms with van der Waals surface area (Å²) < 4.78 is 7.59. The van der Waals surface area contributed by atoms with E-state index >= 15 is 0 Å². The topological polar surface area (TPSA) is 31.2 Å². The molecule has 0 amide bonds. The second-order valence-corrected chi connectivity index (χ2v) is 5.81. The van der Waals surface area contributed by atoms with Gasteiger partial charge >= 0.3 is 5.97 Å². The van der Waals surface area contributed by atoms with E-state index in [0.717, 1.165) is 11.0 Å². The molecular weight excluding hydrogens is 274 g/mol. The SMILES string of the molecule is CCC(C(=O)OC(C)C)n1c2ccccc2c2ccccc21. The van der Waals surface area contributed by atoms with Crippen molar-refractivity contribution in [3.63, 3.8) is 0 Å². The van der Waals surface area contributed by atoms with E-state index in [-0.39, 0.29) is 18.1 Å². The van der Waals surface area contributed by atoms with Gasteiger partial charge in [-0.3, -0.25) is 0 Å². The Labute approximate surface area is 130 Å². The van der Waals surface area contributed by atoms with Crippen molar-refractivity contribution in [2.24, 2.45) is 0 Å². The number of hydrogen-bond acceptors (Lipinski definition) is 2. The Kier molecular flexibility index (Phi) is 3.88. The lowest BCUT2D eigenvalue weighted by Gasteiger charge is -2.20. The van der Waals surface area contributed by atoms with E-state index < -0.39 is 0 Å². The first-order chi connectivity index (χ1) is 10.6. The Morgan fingerprint density at radius 2 is 1.50 bits per heavy atom. The Morgan fingerprint density at radius 1 is 1.00 bits per heavy atom. The van der Waals surface area contributed by atoms with Gasteiger partial charge in [-0.15, -0.1) is 0 Å². The number of carbonyl (C=O) groups excluding carboxylic acids is 1. The van der Waals surface area contributed by atoms with E-state index in [1.54, 1.807) is 0 Å². The summed E-state index contributed by atoms with van der Waals surface area (Å²) >= 11 is 0. The van der Waals surface area contributed by atoms with Crippen molar-refractivity contribution in [3.8, 4) is 0 Å². The van der Waals surface area contributed by atoms with Crippen molar-refractivity contribution >= 4 is 27.8 Å². The Hall–Kier alpha value is -2.29. The third-order valence-electron chi connectivity index (χ3n) is 3.94. The highest BCUT2D eigenvalue weighted by atomic mass is 16.5. The molecular formula is C19H21NO2. The van der Waals surface area contributed by atoms with Crippen LogP contribution in [0.5, 0.6) is 0 Å². The second-order valence-electron chi connectivity index (χ2n) is 5.81. The monoisotopic (exact) mass is 295 g/mol. The van der Waals surface area contributed by atoms with Gasteiger partial charge in [0.2, 0.25) is 0 Å². The smallest absolute Gasteiger partial charge is 0.329 e. The third-order valence-corrected chi connectivity index (χ3v) is 3.94. The van der Waals surface area contributed by atoms with E-state index in [2.05, 4.69) is 28.8 Å². The number of para-hydroxylation sites is 2. The highest BCUT2D eigenvalue weighted by Crippen LogP contribution is 2.33. The number of hydrogen-bond donors (Lipinski definition) is 0.